The predicted molar refractivity (Wildman–Crippen MR) is 148 cm³/mol. The number of hydrogen-bond donors (Lipinski definition) is 5. The van der Waals surface area contributed by atoms with Crippen molar-refractivity contribution in [1.29, 1.82) is 0 Å². The molecule has 1 unspecified atom stereocenters. The van der Waals surface area contributed by atoms with Crippen LogP contribution in [0.15, 0.2) is 35.3 Å². The first-order valence-electron chi connectivity index (χ1n) is 13.7. The molecule has 5 rings (SSSR count). The molecular weight excluding hydrogens is 483 g/mol. The van der Waals surface area contributed by atoms with E-state index in [1.165, 1.54) is 0 Å². The lowest BCUT2D eigenvalue weighted by atomic mass is 9.43. The molecule has 3 aliphatic carbocycles. The maximum atomic E-state index is 13.6. The number of carbonyl (C=O) groups excluding carboxylic acids is 2. The first-order valence-corrected chi connectivity index (χ1v) is 13.7. The number of hydrogen-bond acceptors (Lipinski definition) is 6. The maximum Gasteiger partial charge on any atom is 0.481 e. The van der Waals surface area contributed by atoms with E-state index in [1.807, 2.05) is 30.3 Å². The van der Waals surface area contributed by atoms with E-state index >= 15 is 0 Å². The molecule has 0 spiro atoms. The number of nitrogens with one attached hydrogen (secondary N) is 2. The molecule has 7 atom stereocenters. The van der Waals surface area contributed by atoms with Gasteiger partial charge in [-0.15, -0.1) is 0 Å². The molecule has 2 bridgehead atoms. The van der Waals surface area contributed by atoms with Crippen molar-refractivity contribution in [1.82, 2.24) is 10.6 Å². The smallest absolute Gasteiger partial charge is 0.404 e. The van der Waals surface area contributed by atoms with Gasteiger partial charge in [0, 0.05) is 13.0 Å². The molecule has 0 aromatic heterocycles. The van der Waals surface area contributed by atoms with Crippen LogP contribution < -0.4 is 27.8 Å². The Hall–Kier alpha value is -2.63. The van der Waals surface area contributed by atoms with E-state index in [4.69, 9.17) is 26.5 Å². The van der Waals surface area contributed by atoms with Crippen molar-refractivity contribution in [3.63, 3.8) is 0 Å². The van der Waals surface area contributed by atoms with Crippen LogP contribution in [0.2, 0.25) is 0 Å². The molecule has 10 nitrogen and oxygen atoms in total. The first-order chi connectivity index (χ1) is 17.9. The third kappa shape index (κ3) is 5.84. The van der Waals surface area contributed by atoms with Crippen LogP contribution in [-0.2, 0) is 25.3 Å². The van der Waals surface area contributed by atoms with Crippen molar-refractivity contribution >= 4 is 24.9 Å². The molecule has 11 heteroatoms. The Kier molecular flexibility index (Phi) is 8.39. The van der Waals surface area contributed by atoms with E-state index in [1.54, 1.807) is 6.92 Å². The van der Waals surface area contributed by atoms with Gasteiger partial charge in [-0.25, -0.2) is 0 Å². The lowest BCUT2D eigenvalue weighted by Crippen LogP contribution is -2.65. The van der Waals surface area contributed by atoms with Gasteiger partial charge in [-0.2, -0.15) is 0 Å². The van der Waals surface area contributed by atoms with Crippen LogP contribution >= 0.6 is 0 Å². The molecule has 1 heterocycles. The maximum absolute atomic E-state index is 13.6. The molecule has 4 aliphatic rings. The zero-order valence-electron chi connectivity index (χ0n) is 23.0. The molecule has 3 saturated carbocycles. The Labute approximate surface area is 226 Å². The summed E-state index contributed by atoms with van der Waals surface area (Å²) in [5, 5.41) is 5.94. The molecule has 38 heavy (non-hydrogen) atoms. The molecule has 1 saturated heterocycles. The third-order valence-corrected chi connectivity index (χ3v) is 8.92. The van der Waals surface area contributed by atoms with Crippen molar-refractivity contribution in [2.24, 2.45) is 39.4 Å². The van der Waals surface area contributed by atoms with Crippen molar-refractivity contribution in [2.75, 3.05) is 6.54 Å². The highest BCUT2D eigenvalue weighted by molar-refractivity contribution is 6.47. The van der Waals surface area contributed by atoms with Crippen molar-refractivity contribution < 1.29 is 18.9 Å². The van der Waals surface area contributed by atoms with Gasteiger partial charge in [0.25, 0.3) is 0 Å². The van der Waals surface area contributed by atoms with E-state index in [0.29, 0.717) is 37.6 Å². The van der Waals surface area contributed by atoms with E-state index in [9.17, 15) is 9.59 Å². The van der Waals surface area contributed by atoms with Gasteiger partial charge in [0.15, 0.2) is 5.96 Å². The summed E-state index contributed by atoms with van der Waals surface area (Å²) in [5.74, 6) is -0.0961. The predicted octanol–water partition coefficient (Wildman–Crippen LogP) is 0.867. The summed E-state index contributed by atoms with van der Waals surface area (Å²) in [6, 6.07) is 8.02. The van der Waals surface area contributed by atoms with E-state index in [2.05, 4.69) is 36.4 Å². The van der Waals surface area contributed by atoms with Crippen molar-refractivity contribution in [3.05, 3.63) is 35.9 Å². The van der Waals surface area contributed by atoms with Crippen LogP contribution in [0, 0.1) is 17.3 Å². The highest BCUT2D eigenvalue weighted by Crippen LogP contribution is 2.65. The molecule has 4 fully saturated rings. The number of aliphatic imine (C=N–C) groups is 1. The van der Waals surface area contributed by atoms with Gasteiger partial charge >= 0.3 is 7.12 Å². The second kappa shape index (κ2) is 11.2. The summed E-state index contributed by atoms with van der Waals surface area (Å²) in [6.07, 6.45) is 3.58. The Morgan fingerprint density at radius 2 is 1.84 bits per heavy atom. The molecular formula is C27H43BN6O4. The third-order valence-electron chi connectivity index (χ3n) is 8.92. The molecule has 0 radical (unpaired) electrons. The minimum absolute atomic E-state index is 0.0145. The monoisotopic (exact) mass is 526 g/mol. The number of rotatable bonds is 11. The Morgan fingerprint density at radius 1 is 1.13 bits per heavy atom. The quantitative estimate of drug-likeness (QED) is 0.123. The summed E-state index contributed by atoms with van der Waals surface area (Å²) in [5.41, 5.74) is 17.5. The number of guanidine groups is 1. The van der Waals surface area contributed by atoms with Gasteiger partial charge in [-0.1, -0.05) is 44.2 Å². The fraction of sp³-hybridized carbons (Fsp3) is 0.667. The second-order valence-corrected chi connectivity index (χ2v) is 11.9. The average molecular weight is 526 g/mol. The zero-order chi connectivity index (χ0) is 27.7. The van der Waals surface area contributed by atoms with E-state index in [0.717, 1.165) is 18.4 Å². The van der Waals surface area contributed by atoms with Crippen LogP contribution in [0.3, 0.4) is 0 Å². The van der Waals surface area contributed by atoms with E-state index in [-0.39, 0.29) is 29.3 Å². The lowest BCUT2D eigenvalue weighted by Gasteiger charge is -2.64. The SMILES string of the molecule is C[C@H](N)C(=O)N[C@@H](Cc1ccccc1)C(=O)N[C@@H](CCCN=C(N)N)B1OC2C[C@H]3C[C@H](C3(C)C)[C@]2(C)O1. The van der Waals surface area contributed by atoms with Gasteiger partial charge in [0.1, 0.15) is 6.04 Å². The summed E-state index contributed by atoms with van der Waals surface area (Å²) in [6.45, 7) is 8.80. The topological polar surface area (TPSA) is 167 Å². The summed E-state index contributed by atoms with van der Waals surface area (Å²) in [7, 11) is -0.607. The average Bonchev–Trinajstić information content (AvgIpc) is 3.22. The van der Waals surface area contributed by atoms with Crippen LogP contribution in [0.4, 0.5) is 0 Å². The minimum atomic E-state index is -0.804. The molecule has 208 valence electrons. The number of amides is 2. The summed E-state index contributed by atoms with van der Waals surface area (Å²) >= 11 is 0. The zero-order valence-corrected chi connectivity index (χ0v) is 23.0. The normalized spacial score (nSPS) is 29.3. The van der Waals surface area contributed by atoms with Gasteiger partial charge in [-0.3, -0.25) is 14.6 Å². The number of benzene rings is 1. The molecule has 8 N–H and O–H groups in total. The number of nitrogens with two attached hydrogens (primary N) is 3. The Morgan fingerprint density at radius 3 is 2.47 bits per heavy atom. The molecule has 2 amide bonds. The van der Waals surface area contributed by atoms with Gasteiger partial charge < -0.3 is 37.1 Å². The van der Waals surface area contributed by atoms with Crippen LogP contribution in [0.5, 0.6) is 0 Å². The fourth-order valence-corrected chi connectivity index (χ4v) is 6.51. The van der Waals surface area contributed by atoms with E-state index < -0.39 is 30.7 Å². The first kappa shape index (κ1) is 28.4. The fourth-order valence-electron chi connectivity index (χ4n) is 6.51. The van der Waals surface area contributed by atoms with Crippen LogP contribution in [0.25, 0.3) is 0 Å². The highest BCUT2D eigenvalue weighted by atomic mass is 16.7. The van der Waals surface area contributed by atoms with Crippen molar-refractivity contribution in [2.45, 2.75) is 89.5 Å². The van der Waals surface area contributed by atoms with Gasteiger partial charge in [-0.05, 0) is 62.3 Å². The molecule has 1 aromatic carbocycles. The molecule has 1 aliphatic heterocycles. The van der Waals surface area contributed by atoms with Crippen LogP contribution in [0.1, 0.15) is 58.9 Å². The minimum Gasteiger partial charge on any atom is -0.404 e. The highest BCUT2D eigenvalue weighted by Gasteiger charge is 2.68. The van der Waals surface area contributed by atoms with Gasteiger partial charge in [0.05, 0.1) is 23.7 Å². The Bertz CT molecular complexity index is 1030. The largest absolute Gasteiger partial charge is 0.481 e. The summed E-state index contributed by atoms with van der Waals surface area (Å²) in [4.78, 5) is 30.2. The number of carbonyl (C=O) groups is 2. The van der Waals surface area contributed by atoms with Gasteiger partial charge in [0.2, 0.25) is 11.8 Å². The lowest BCUT2D eigenvalue weighted by molar-refractivity contribution is -0.199. The summed E-state index contributed by atoms with van der Waals surface area (Å²) < 4.78 is 13.2. The number of nitrogens with zero attached hydrogens (tertiary/aromatic N) is 1. The second-order valence-electron chi connectivity index (χ2n) is 11.9. The van der Waals surface area contributed by atoms with Crippen molar-refractivity contribution in [3.8, 4) is 0 Å². The van der Waals surface area contributed by atoms with Crippen LogP contribution in [-0.4, -0.2) is 61.2 Å². The standard InChI is InChI=1S/C27H43BN6O4/c1-16(29)23(35)33-19(13-17-9-6-5-7-10-17)24(36)34-22(11-8-12-32-25(30)31)28-37-21-15-18-14-20(26(18,2)3)27(21,4)38-28/h5-7,9-10,16,18-22H,8,11-15,29H2,1-4H3,(H,33,35)(H,34,36)(H4,30,31,32)/t16-,18+,19-,20+,21?,22-,27-/m0/s1. The Balaban J connectivity index is 1.51. The molecule has 1 aromatic rings.